The first-order valence-electron chi connectivity index (χ1n) is 5.81. The minimum atomic E-state index is -0.257. The molecule has 3 nitrogen and oxygen atoms in total. The summed E-state index contributed by atoms with van der Waals surface area (Å²) in [5, 5.41) is 0.564. The maximum atomic E-state index is 13.0. The van der Waals surface area contributed by atoms with Crippen LogP contribution in [0, 0.1) is 5.82 Å². The Kier molecular flexibility index (Phi) is 7.96. The Morgan fingerprint density at radius 3 is 2.72 bits per heavy atom. The topological polar surface area (TPSA) is 27.7 Å². The molecule has 0 N–H and O–H groups in total. The highest BCUT2D eigenvalue weighted by molar-refractivity contribution is 9.08. The van der Waals surface area contributed by atoms with E-state index in [1.165, 1.54) is 12.1 Å². The molecule has 18 heavy (non-hydrogen) atoms. The first-order chi connectivity index (χ1) is 8.77. The Morgan fingerprint density at radius 1 is 1.17 bits per heavy atom. The van der Waals surface area contributed by atoms with Crippen LogP contribution in [-0.2, 0) is 14.8 Å². The Labute approximate surface area is 115 Å². The first-order valence-corrected chi connectivity index (χ1v) is 6.94. The van der Waals surface area contributed by atoms with Crippen LogP contribution >= 0.6 is 15.9 Å². The molecule has 0 saturated heterocycles. The van der Waals surface area contributed by atoms with Gasteiger partial charge < -0.3 is 14.2 Å². The van der Waals surface area contributed by atoms with Crippen LogP contribution in [0.4, 0.5) is 4.39 Å². The Bertz CT molecular complexity index is 347. The maximum absolute atomic E-state index is 13.0. The quantitative estimate of drug-likeness (QED) is 0.516. The molecule has 0 bridgehead atoms. The van der Waals surface area contributed by atoms with Crippen LogP contribution in [0.3, 0.4) is 0 Å². The summed E-state index contributed by atoms with van der Waals surface area (Å²) in [6, 6.07) is 4.49. The number of methoxy groups -OCH3 is 1. The van der Waals surface area contributed by atoms with Gasteiger partial charge in [-0.25, -0.2) is 4.39 Å². The van der Waals surface area contributed by atoms with E-state index in [-0.39, 0.29) is 5.82 Å². The molecule has 0 amide bonds. The second-order valence-corrected chi connectivity index (χ2v) is 4.25. The normalized spacial score (nSPS) is 10.6. The van der Waals surface area contributed by atoms with Gasteiger partial charge in [-0.05, 0) is 24.6 Å². The molecule has 1 aromatic carbocycles. The summed E-state index contributed by atoms with van der Waals surface area (Å²) in [7, 11) is 1.67. The highest BCUT2D eigenvalue weighted by Crippen LogP contribution is 2.22. The van der Waals surface area contributed by atoms with E-state index in [0.29, 0.717) is 37.5 Å². The van der Waals surface area contributed by atoms with Crippen molar-refractivity contribution in [3.63, 3.8) is 0 Å². The summed E-state index contributed by atoms with van der Waals surface area (Å²) < 4.78 is 28.8. The number of rotatable bonds is 9. The lowest BCUT2D eigenvalue weighted by Crippen LogP contribution is -2.09. The Morgan fingerprint density at radius 2 is 2.00 bits per heavy atom. The van der Waals surface area contributed by atoms with E-state index in [4.69, 9.17) is 14.2 Å². The van der Waals surface area contributed by atoms with Gasteiger partial charge in [-0.1, -0.05) is 15.9 Å². The van der Waals surface area contributed by atoms with Gasteiger partial charge in [0.15, 0.2) is 0 Å². The third-order valence-electron chi connectivity index (χ3n) is 2.29. The zero-order valence-electron chi connectivity index (χ0n) is 10.5. The SMILES string of the molecule is COCCCOCCOc1ccc(F)cc1CBr. The van der Waals surface area contributed by atoms with Gasteiger partial charge in [-0.2, -0.15) is 0 Å². The molecule has 0 fully saturated rings. The average Bonchev–Trinajstić information content (AvgIpc) is 2.39. The summed E-state index contributed by atoms with van der Waals surface area (Å²) >= 11 is 3.30. The predicted molar refractivity (Wildman–Crippen MR) is 71.8 cm³/mol. The van der Waals surface area contributed by atoms with E-state index in [2.05, 4.69) is 15.9 Å². The van der Waals surface area contributed by atoms with Crippen molar-refractivity contribution in [2.24, 2.45) is 0 Å². The number of ether oxygens (including phenoxy) is 3. The fourth-order valence-electron chi connectivity index (χ4n) is 1.41. The van der Waals surface area contributed by atoms with Gasteiger partial charge >= 0.3 is 0 Å². The van der Waals surface area contributed by atoms with Crippen molar-refractivity contribution in [3.8, 4) is 5.75 Å². The number of alkyl halides is 1. The molecule has 102 valence electrons. The molecule has 0 aliphatic heterocycles. The monoisotopic (exact) mass is 320 g/mol. The molecule has 1 rings (SSSR count). The highest BCUT2D eigenvalue weighted by Gasteiger charge is 2.04. The summed E-state index contributed by atoms with van der Waals surface area (Å²) in [4.78, 5) is 0. The molecule has 1 aromatic rings. The molecule has 0 unspecified atom stereocenters. The van der Waals surface area contributed by atoms with Gasteiger partial charge in [0.1, 0.15) is 18.2 Å². The van der Waals surface area contributed by atoms with Gasteiger partial charge in [0.25, 0.3) is 0 Å². The third-order valence-corrected chi connectivity index (χ3v) is 2.89. The fraction of sp³-hybridized carbons (Fsp3) is 0.538. The van der Waals surface area contributed by atoms with Gasteiger partial charge in [0, 0.05) is 31.2 Å². The van der Waals surface area contributed by atoms with Crippen LogP contribution in [0.25, 0.3) is 0 Å². The van der Waals surface area contributed by atoms with E-state index in [0.717, 1.165) is 12.0 Å². The maximum Gasteiger partial charge on any atom is 0.123 e. The largest absolute Gasteiger partial charge is 0.491 e. The summed E-state index contributed by atoms with van der Waals surface area (Å²) in [6.07, 6.45) is 0.875. The van der Waals surface area contributed by atoms with Crippen molar-refractivity contribution in [1.29, 1.82) is 0 Å². The van der Waals surface area contributed by atoms with E-state index >= 15 is 0 Å². The van der Waals surface area contributed by atoms with Crippen LogP contribution in [-0.4, -0.2) is 33.5 Å². The first kappa shape index (κ1) is 15.4. The van der Waals surface area contributed by atoms with Crippen molar-refractivity contribution in [2.45, 2.75) is 11.8 Å². The van der Waals surface area contributed by atoms with Crippen molar-refractivity contribution in [2.75, 3.05) is 33.5 Å². The summed E-state index contributed by atoms with van der Waals surface area (Å²) in [6.45, 7) is 2.33. The minimum Gasteiger partial charge on any atom is -0.491 e. The predicted octanol–water partition coefficient (Wildman–Crippen LogP) is 3.15. The van der Waals surface area contributed by atoms with E-state index < -0.39 is 0 Å². The summed E-state index contributed by atoms with van der Waals surface area (Å²) in [5.74, 6) is 0.432. The number of halogens is 2. The van der Waals surface area contributed by atoms with Crippen LogP contribution in [0.2, 0.25) is 0 Å². The molecule has 0 saturated carbocycles. The fourth-order valence-corrected chi connectivity index (χ4v) is 1.85. The van der Waals surface area contributed by atoms with Crippen molar-refractivity contribution >= 4 is 15.9 Å². The molecule has 5 heteroatoms. The highest BCUT2D eigenvalue weighted by atomic mass is 79.9. The molecular weight excluding hydrogens is 303 g/mol. The minimum absolute atomic E-state index is 0.257. The lowest BCUT2D eigenvalue weighted by molar-refractivity contribution is 0.0804. The number of hydrogen-bond donors (Lipinski definition) is 0. The molecular formula is C13H18BrFO3. The van der Waals surface area contributed by atoms with E-state index in [9.17, 15) is 4.39 Å². The van der Waals surface area contributed by atoms with Crippen LogP contribution in [0.5, 0.6) is 5.75 Å². The Balaban J connectivity index is 2.22. The second-order valence-electron chi connectivity index (χ2n) is 3.69. The second kappa shape index (κ2) is 9.30. The van der Waals surface area contributed by atoms with Gasteiger partial charge in [0.2, 0.25) is 0 Å². The number of hydrogen-bond acceptors (Lipinski definition) is 3. The number of benzene rings is 1. The van der Waals surface area contributed by atoms with Gasteiger partial charge in [-0.15, -0.1) is 0 Å². The smallest absolute Gasteiger partial charge is 0.123 e. The zero-order valence-corrected chi connectivity index (χ0v) is 12.0. The third kappa shape index (κ3) is 5.80. The zero-order chi connectivity index (χ0) is 13.2. The lowest BCUT2D eigenvalue weighted by atomic mass is 10.2. The van der Waals surface area contributed by atoms with Gasteiger partial charge in [0.05, 0.1) is 6.61 Å². The molecule has 0 aliphatic rings. The van der Waals surface area contributed by atoms with Crippen LogP contribution < -0.4 is 4.74 Å². The van der Waals surface area contributed by atoms with E-state index in [1.54, 1.807) is 13.2 Å². The molecule has 0 aromatic heterocycles. The van der Waals surface area contributed by atoms with E-state index in [1.807, 2.05) is 0 Å². The molecule has 0 atom stereocenters. The molecule has 0 spiro atoms. The van der Waals surface area contributed by atoms with Crippen molar-refractivity contribution in [3.05, 3.63) is 29.6 Å². The Hall–Kier alpha value is -0.650. The van der Waals surface area contributed by atoms with Crippen LogP contribution in [0.1, 0.15) is 12.0 Å². The average molecular weight is 321 g/mol. The molecule has 0 aliphatic carbocycles. The molecule has 0 heterocycles. The van der Waals surface area contributed by atoms with Crippen molar-refractivity contribution in [1.82, 2.24) is 0 Å². The van der Waals surface area contributed by atoms with Crippen LogP contribution in [0.15, 0.2) is 18.2 Å². The van der Waals surface area contributed by atoms with Gasteiger partial charge in [-0.3, -0.25) is 0 Å². The molecule has 0 radical (unpaired) electrons. The van der Waals surface area contributed by atoms with Crippen molar-refractivity contribution < 1.29 is 18.6 Å². The lowest BCUT2D eigenvalue weighted by Gasteiger charge is -2.10. The summed E-state index contributed by atoms with van der Waals surface area (Å²) in [5.41, 5.74) is 0.800. The standard InChI is InChI=1S/C13H18BrFO3/c1-16-5-2-6-17-7-8-18-13-4-3-12(15)9-11(13)10-14/h3-4,9H,2,5-8,10H2,1H3.